The van der Waals surface area contributed by atoms with Crippen molar-refractivity contribution in [3.63, 3.8) is 0 Å². The van der Waals surface area contributed by atoms with E-state index in [1.54, 1.807) is 12.1 Å². The molecule has 112 valence electrons. The van der Waals surface area contributed by atoms with Gasteiger partial charge in [-0.15, -0.1) is 11.3 Å². The molecule has 0 aliphatic rings. The lowest BCUT2D eigenvalue weighted by Gasteiger charge is -2.23. The Bertz CT molecular complexity index is 583. The van der Waals surface area contributed by atoms with Crippen molar-refractivity contribution in [3.8, 4) is 0 Å². The zero-order valence-electron chi connectivity index (χ0n) is 12.1. The minimum Gasteiger partial charge on any atom is -0.380 e. The van der Waals surface area contributed by atoms with Crippen LogP contribution in [0.1, 0.15) is 23.5 Å². The Morgan fingerprint density at radius 3 is 2.48 bits per heavy atom. The zero-order valence-corrected chi connectivity index (χ0v) is 13.7. The Balaban J connectivity index is 1.93. The number of nitrogens with one attached hydrogen (secondary N) is 2. The number of carbonyl (C=O) groups is 1. The molecule has 21 heavy (non-hydrogen) atoms. The quantitative estimate of drug-likeness (QED) is 0.834. The highest BCUT2D eigenvalue weighted by atomic mass is 35.5. The summed E-state index contributed by atoms with van der Waals surface area (Å²) in [7, 11) is 0. The zero-order chi connectivity index (χ0) is 15.2. The first-order chi connectivity index (χ1) is 10.1. The summed E-state index contributed by atoms with van der Waals surface area (Å²) in [5.74, 6) is 0.324. The molecule has 1 aromatic heterocycles. The van der Waals surface area contributed by atoms with Crippen molar-refractivity contribution in [1.82, 2.24) is 5.32 Å². The molecule has 0 radical (unpaired) electrons. The second kappa shape index (κ2) is 7.48. The summed E-state index contributed by atoms with van der Waals surface area (Å²) < 4.78 is 0.628. The Kier molecular flexibility index (Phi) is 5.65. The standard InChI is InChI=1S/C16H19ClN2OS/c1-11(2)13(19-12-6-4-3-5-7-12)10-18-16(20)14-8-9-15(17)21-14/h3-9,11,13,19H,10H2,1-2H3,(H,18,20). The van der Waals surface area contributed by atoms with Crippen molar-refractivity contribution in [2.75, 3.05) is 11.9 Å². The van der Waals surface area contributed by atoms with Crippen LogP contribution in [0.3, 0.4) is 0 Å². The fourth-order valence-electron chi connectivity index (χ4n) is 1.93. The van der Waals surface area contributed by atoms with Gasteiger partial charge in [0.15, 0.2) is 0 Å². The Morgan fingerprint density at radius 2 is 1.90 bits per heavy atom. The molecule has 1 atom stereocenters. The van der Waals surface area contributed by atoms with Crippen molar-refractivity contribution in [1.29, 1.82) is 0 Å². The van der Waals surface area contributed by atoms with E-state index in [4.69, 9.17) is 11.6 Å². The van der Waals surface area contributed by atoms with Crippen LogP contribution in [0.15, 0.2) is 42.5 Å². The largest absolute Gasteiger partial charge is 0.380 e. The van der Waals surface area contributed by atoms with Crippen molar-refractivity contribution in [2.45, 2.75) is 19.9 Å². The highest BCUT2D eigenvalue weighted by Gasteiger charge is 2.15. The predicted molar refractivity (Wildman–Crippen MR) is 90.4 cm³/mol. The molecule has 0 bridgehead atoms. The van der Waals surface area contributed by atoms with Crippen LogP contribution >= 0.6 is 22.9 Å². The van der Waals surface area contributed by atoms with Crippen LogP contribution in [0.2, 0.25) is 4.34 Å². The van der Waals surface area contributed by atoms with E-state index in [0.717, 1.165) is 5.69 Å². The summed E-state index contributed by atoms with van der Waals surface area (Å²) in [5, 5.41) is 6.42. The van der Waals surface area contributed by atoms with E-state index >= 15 is 0 Å². The first-order valence-corrected chi connectivity index (χ1v) is 8.11. The number of carbonyl (C=O) groups excluding carboxylic acids is 1. The third kappa shape index (κ3) is 4.76. The van der Waals surface area contributed by atoms with Gasteiger partial charge in [0.05, 0.1) is 9.21 Å². The first-order valence-electron chi connectivity index (χ1n) is 6.91. The number of anilines is 1. The number of para-hydroxylation sites is 1. The molecule has 0 aliphatic heterocycles. The topological polar surface area (TPSA) is 41.1 Å². The number of halogens is 1. The van der Waals surface area contributed by atoms with Gasteiger partial charge in [-0.1, -0.05) is 43.6 Å². The van der Waals surface area contributed by atoms with E-state index in [9.17, 15) is 4.79 Å². The maximum atomic E-state index is 12.1. The van der Waals surface area contributed by atoms with Crippen molar-refractivity contribution in [2.24, 2.45) is 5.92 Å². The molecule has 3 nitrogen and oxygen atoms in total. The minimum atomic E-state index is -0.0765. The molecular formula is C16H19ClN2OS. The second-order valence-corrected chi connectivity index (χ2v) is 6.89. The van der Waals surface area contributed by atoms with E-state index in [0.29, 0.717) is 21.7 Å². The fraction of sp³-hybridized carbons (Fsp3) is 0.312. The summed E-state index contributed by atoms with van der Waals surface area (Å²) in [6.45, 7) is 4.84. The molecule has 2 rings (SSSR count). The lowest BCUT2D eigenvalue weighted by Crippen LogP contribution is -2.39. The summed E-state index contributed by atoms with van der Waals surface area (Å²) >= 11 is 7.14. The number of hydrogen-bond acceptors (Lipinski definition) is 3. The summed E-state index contributed by atoms with van der Waals surface area (Å²) in [4.78, 5) is 12.7. The van der Waals surface area contributed by atoms with Crippen molar-refractivity contribution in [3.05, 3.63) is 51.7 Å². The highest BCUT2D eigenvalue weighted by Crippen LogP contribution is 2.21. The van der Waals surface area contributed by atoms with E-state index in [2.05, 4.69) is 24.5 Å². The highest BCUT2D eigenvalue weighted by molar-refractivity contribution is 7.17. The molecular weight excluding hydrogens is 304 g/mol. The number of benzene rings is 1. The van der Waals surface area contributed by atoms with Crippen LogP contribution in [0.25, 0.3) is 0 Å². The Labute approximate surface area is 134 Å². The van der Waals surface area contributed by atoms with Gasteiger partial charge in [0, 0.05) is 18.3 Å². The summed E-state index contributed by atoms with van der Waals surface area (Å²) in [5.41, 5.74) is 1.06. The molecule has 0 saturated heterocycles. The molecule has 0 fully saturated rings. The maximum absolute atomic E-state index is 12.1. The average molecular weight is 323 g/mol. The Morgan fingerprint density at radius 1 is 1.19 bits per heavy atom. The van der Waals surface area contributed by atoms with Gasteiger partial charge < -0.3 is 10.6 Å². The molecule has 1 unspecified atom stereocenters. The molecule has 0 saturated carbocycles. The molecule has 5 heteroatoms. The molecule has 1 heterocycles. The van der Waals surface area contributed by atoms with E-state index in [1.807, 2.05) is 30.3 Å². The number of hydrogen-bond donors (Lipinski definition) is 2. The van der Waals surface area contributed by atoms with Gasteiger partial charge >= 0.3 is 0 Å². The predicted octanol–water partition coefficient (Wildman–Crippen LogP) is 4.27. The Hall–Kier alpha value is -1.52. The molecule has 0 aliphatic carbocycles. The van der Waals surface area contributed by atoms with E-state index in [-0.39, 0.29) is 11.9 Å². The van der Waals surface area contributed by atoms with E-state index < -0.39 is 0 Å². The lowest BCUT2D eigenvalue weighted by molar-refractivity contribution is 0.0954. The maximum Gasteiger partial charge on any atom is 0.261 e. The summed E-state index contributed by atoms with van der Waals surface area (Å²) in [6.07, 6.45) is 0. The van der Waals surface area contributed by atoms with Crippen LogP contribution in [-0.2, 0) is 0 Å². The third-order valence-corrected chi connectivity index (χ3v) is 4.44. The van der Waals surface area contributed by atoms with Crippen LogP contribution in [0.5, 0.6) is 0 Å². The third-order valence-electron chi connectivity index (χ3n) is 3.21. The SMILES string of the molecule is CC(C)C(CNC(=O)c1ccc(Cl)s1)Nc1ccccc1. The van der Waals surface area contributed by atoms with Gasteiger partial charge in [-0.3, -0.25) is 4.79 Å². The second-order valence-electron chi connectivity index (χ2n) is 5.17. The molecule has 2 aromatic rings. The van der Waals surface area contributed by atoms with Gasteiger partial charge in [0.2, 0.25) is 0 Å². The number of rotatable bonds is 6. The molecule has 1 amide bonds. The van der Waals surface area contributed by atoms with Crippen molar-refractivity contribution < 1.29 is 4.79 Å². The number of amides is 1. The van der Waals surface area contributed by atoms with Gasteiger partial charge in [-0.05, 0) is 30.2 Å². The van der Waals surface area contributed by atoms with Crippen LogP contribution < -0.4 is 10.6 Å². The van der Waals surface area contributed by atoms with Gasteiger partial charge in [0.25, 0.3) is 5.91 Å². The van der Waals surface area contributed by atoms with Crippen LogP contribution in [0, 0.1) is 5.92 Å². The van der Waals surface area contributed by atoms with Crippen molar-refractivity contribution >= 4 is 34.5 Å². The van der Waals surface area contributed by atoms with E-state index in [1.165, 1.54) is 11.3 Å². The van der Waals surface area contributed by atoms with Crippen LogP contribution in [-0.4, -0.2) is 18.5 Å². The minimum absolute atomic E-state index is 0.0765. The summed E-state index contributed by atoms with van der Waals surface area (Å²) in [6, 6.07) is 13.7. The molecule has 2 N–H and O–H groups in total. The fourth-order valence-corrected chi connectivity index (χ4v) is 2.89. The smallest absolute Gasteiger partial charge is 0.261 e. The van der Waals surface area contributed by atoms with Gasteiger partial charge in [-0.25, -0.2) is 0 Å². The monoisotopic (exact) mass is 322 g/mol. The number of thiophene rings is 1. The van der Waals surface area contributed by atoms with Crippen LogP contribution in [0.4, 0.5) is 5.69 Å². The lowest BCUT2D eigenvalue weighted by atomic mass is 10.0. The molecule has 0 spiro atoms. The van der Waals surface area contributed by atoms with Gasteiger partial charge in [0.1, 0.15) is 0 Å². The average Bonchev–Trinajstić information content (AvgIpc) is 2.90. The normalized spacial score (nSPS) is 12.2. The first kappa shape index (κ1) is 15.9. The molecule has 1 aromatic carbocycles. The van der Waals surface area contributed by atoms with Gasteiger partial charge in [-0.2, -0.15) is 0 Å².